The van der Waals surface area contributed by atoms with E-state index in [1.165, 1.54) is 4.90 Å². The fourth-order valence-electron chi connectivity index (χ4n) is 2.32. The van der Waals surface area contributed by atoms with Gasteiger partial charge in [0.15, 0.2) is 0 Å². The molecule has 2 saturated heterocycles. The Morgan fingerprint density at radius 2 is 2.11 bits per heavy atom. The summed E-state index contributed by atoms with van der Waals surface area (Å²) in [7, 11) is -4.90. The smallest absolute Gasteiger partial charge is 0.240 e. The van der Waals surface area contributed by atoms with Crippen molar-refractivity contribution in [2.45, 2.75) is 24.9 Å². The third-order valence-electron chi connectivity index (χ3n) is 3.09. The number of primary amides is 1. The van der Waals surface area contributed by atoms with Gasteiger partial charge in [0.25, 0.3) is 0 Å². The molecule has 0 unspecified atom stereocenters. The number of piperidine rings is 1. The molecule has 2 amide bonds. The number of hydroxylamine groups is 2. The van der Waals surface area contributed by atoms with Gasteiger partial charge in [-0.05, 0) is 12.8 Å². The van der Waals surface area contributed by atoms with Crippen molar-refractivity contribution in [3.05, 3.63) is 0 Å². The molecule has 2 heterocycles. The number of carbonyl (C=O) groups excluding carboxylic acids is 2. The second-order valence-corrected chi connectivity index (χ2v) is 5.22. The summed E-state index contributed by atoms with van der Waals surface area (Å²) in [4.78, 5) is 24.2. The largest absolute Gasteiger partial charge is 0.724 e. The molecule has 2 aliphatic heterocycles. The first-order chi connectivity index (χ1) is 8.28. The predicted molar refractivity (Wildman–Crippen MR) is 55.2 cm³/mol. The molecule has 0 aromatic carbocycles. The minimum atomic E-state index is -4.90. The van der Waals surface area contributed by atoms with Gasteiger partial charge in [0.2, 0.25) is 22.2 Å². The second kappa shape index (κ2) is 4.46. The number of piperazine rings is 1. The molecule has 2 fully saturated rings. The van der Waals surface area contributed by atoms with Gasteiger partial charge in [-0.1, -0.05) is 0 Å². The molecule has 2 rings (SSSR count). The Bertz CT molecular complexity index is 477. The molecule has 2 atom stereocenters. The van der Waals surface area contributed by atoms with Crippen LogP contribution in [0.15, 0.2) is 0 Å². The van der Waals surface area contributed by atoms with Crippen LogP contribution in [0.4, 0.5) is 0 Å². The highest BCUT2D eigenvalue weighted by molar-refractivity contribution is 7.80. The normalized spacial score (nSPS) is 29.4. The van der Waals surface area contributed by atoms with Gasteiger partial charge in [0, 0.05) is 6.54 Å². The molecule has 0 radical (unpaired) electrons. The van der Waals surface area contributed by atoms with E-state index in [9.17, 15) is 22.6 Å². The number of fused-ring (bicyclic) bond motifs is 2. The van der Waals surface area contributed by atoms with Crippen LogP contribution < -0.4 is 5.73 Å². The maximum absolute atomic E-state index is 11.7. The van der Waals surface area contributed by atoms with Crippen molar-refractivity contribution in [3.8, 4) is 0 Å². The van der Waals surface area contributed by atoms with Crippen molar-refractivity contribution in [3.63, 3.8) is 0 Å². The Labute approximate surface area is 103 Å². The fraction of sp³-hybridized carbons (Fsp3) is 0.750. The quantitative estimate of drug-likeness (QED) is 0.447. The highest BCUT2D eigenvalue weighted by atomic mass is 32.3. The molecular weight excluding hydrogens is 266 g/mol. The van der Waals surface area contributed by atoms with E-state index in [-0.39, 0.29) is 13.1 Å². The number of rotatable bonds is 3. The summed E-state index contributed by atoms with van der Waals surface area (Å²) in [5, 5.41) is 0.860. The average Bonchev–Trinajstić information content (AvgIpc) is 2.23. The third kappa shape index (κ3) is 2.61. The average molecular weight is 278 g/mol. The molecule has 0 aromatic heterocycles. The Morgan fingerprint density at radius 1 is 1.44 bits per heavy atom. The van der Waals surface area contributed by atoms with Crippen LogP contribution in [0.3, 0.4) is 0 Å². The highest BCUT2D eigenvalue weighted by Gasteiger charge is 2.43. The number of amides is 2. The van der Waals surface area contributed by atoms with Gasteiger partial charge in [-0.15, -0.1) is 0 Å². The second-order valence-electron chi connectivity index (χ2n) is 4.25. The summed E-state index contributed by atoms with van der Waals surface area (Å²) in [6.07, 6.45) is 0.747. The van der Waals surface area contributed by atoms with E-state index in [0.29, 0.717) is 12.8 Å². The maximum Gasteiger partial charge on any atom is 0.240 e. The zero-order valence-corrected chi connectivity index (χ0v) is 10.1. The molecule has 0 spiro atoms. The van der Waals surface area contributed by atoms with E-state index in [2.05, 4.69) is 4.28 Å². The van der Waals surface area contributed by atoms with E-state index >= 15 is 0 Å². The number of hydrogen-bond acceptors (Lipinski definition) is 7. The first-order valence-electron chi connectivity index (χ1n) is 5.29. The number of nitrogens with zero attached hydrogens (tertiary/aromatic N) is 2. The first-order valence-corrected chi connectivity index (χ1v) is 6.62. The highest BCUT2D eigenvalue weighted by Crippen LogP contribution is 2.26. The van der Waals surface area contributed by atoms with Gasteiger partial charge < -0.3 is 15.2 Å². The Kier molecular flexibility index (Phi) is 3.27. The van der Waals surface area contributed by atoms with Gasteiger partial charge >= 0.3 is 0 Å². The summed E-state index contributed by atoms with van der Waals surface area (Å²) in [6, 6.07) is -1.08. The van der Waals surface area contributed by atoms with Crippen molar-refractivity contribution in [2.75, 3.05) is 13.1 Å². The van der Waals surface area contributed by atoms with E-state index < -0.39 is 34.3 Å². The van der Waals surface area contributed by atoms with Crippen LogP contribution in [-0.2, 0) is 24.3 Å². The SMILES string of the molecule is NC(=O)[C@@H]1CC[C@@H]2CN1C(=O)CN2OS(=O)(=O)[O-]. The molecule has 2 bridgehead atoms. The van der Waals surface area contributed by atoms with Crippen LogP contribution in [0.25, 0.3) is 0 Å². The van der Waals surface area contributed by atoms with Crippen molar-refractivity contribution in [2.24, 2.45) is 5.73 Å². The molecule has 0 aromatic rings. The van der Waals surface area contributed by atoms with Crippen molar-refractivity contribution >= 4 is 22.2 Å². The first kappa shape index (κ1) is 13.2. The van der Waals surface area contributed by atoms with Crippen LogP contribution in [0.1, 0.15) is 12.8 Å². The summed E-state index contributed by atoms with van der Waals surface area (Å²) in [5.41, 5.74) is 5.18. The maximum atomic E-state index is 11.7. The Morgan fingerprint density at radius 3 is 2.67 bits per heavy atom. The summed E-state index contributed by atoms with van der Waals surface area (Å²) >= 11 is 0. The van der Waals surface area contributed by atoms with Crippen molar-refractivity contribution in [1.82, 2.24) is 9.96 Å². The Hall–Kier alpha value is -1.23. The molecule has 0 aliphatic carbocycles. The third-order valence-corrected chi connectivity index (χ3v) is 3.47. The lowest BCUT2D eigenvalue weighted by molar-refractivity contribution is -0.178. The van der Waals surface area contributed by atoms with Crippen LogP contribution in [-0.4, -0.2) is 59.9 Å². The zero-order chi connectivity index (χ0) is 13.5. The molecular formula is C8H12N3O6S-. The van der Waals surface area contributed by atoms with Gasteiger partial charge in [0.05, 0.1) is 6.04 Å². The van der Waals surface area contributed by atoms with Gasteiger partial charge in [-0.2, -0.15) is 9.35 Å². The molecule has 102 valence electrons. The summed E-state index contributed by atoms with van der Waals surface area (Å²) in [5.74, 6) is -1.08. The minimum absolute atomic E-state index is 0.127. The number of nitrogens with two attached hydrogens (primary N) is 1. The molecule has 0 saturated carbocycles. The van der Waals surface area contributed by atoms with Crippen LogP contribution in [0, 0.1) is 0 Å². The lowest BCUT2D eigenvalue weighted by Crippen LogP contribution is -2.64. The van der Waals surface area contributed by atoms with Crippen LogP contribution in [0.5, 0.6) is 0 Å². The predicted octanol–water partition coefficient (Wildman–Crippen LogP) is -2.46. The number of carbonyl (C=O) groups is 2. The van der Waals surface area contributed by atoms with E-state index in [4.69, 9.17) is 5.73 Å². The zero-order valence-electron chi connectivity index (χ0n) is 9.31. The molecule has 2 N–H and O–H groups in total. The monoisotopic (exact) mass is 278 g/mol. The van der Waals surface area contributed by atoms with E-state index in [0.717, 1.165) is 5.06 Å². The van der Waals surface area contributed by atoms with Crippen molar-refractivity contribution < 1.29 is 26.8 Å². The summed E-state index contributed by atoms with van der Waals surface area (Å²) < 4.78 is 35.8. The van der Waals surface area contributed by atoms with E-state index in [1.807, 2.05) is 0 Å². The van der Waals surface area contributed by atoms with Gasteiger partial charge in [0.1, 0.15) is 12.6 Å². The Balaban J connectivity index is 2.13. The molecule has 2 aliphatic rings. The molecule has 18 heavy (non-hydrogen) atoms. The summed E-state index contributed by atoms with van der Waals surface area (Å²) in [6.45, 7) is -0.252. The topological polar surface area (TPSA) is 133 Å². The minimum Gasteiger partial charge on any atom is -0.724 e. The van der Waals surface area contributed by atoms with E-state index in [1.54, 1.807) is 0 Å². The number of hydrogen-bond donors (Lipinski definition) is 1. The van der Waals surface area contributed by atoms with Crippen LogP contribution in [0.2, 0.25) is 0 Å². The van der Waals surface area contributed by atoms with Gasteiger partial charge in [-0.3, -0.25) is 9.59 Å². The lowest BCUT2D eigenvalue weighted by Gasteiger charge is -2.46. The van der Waals surface area contributed by atoms with Crippen molar-refractivity contribution in [1.29, 1.82) is 0 Å². The molecule has 10 heteroatoms. The standard InChI is InChI=1S/C8H13N3O6S/c9-8(13)6-2-1-5-3-10(6)7(12)4-11(5)17-18(14,15)16/h5-6H,1-4H2,(H2,9,13)(H,14,15,16)/p-1/t5-,6+/m1/s1. The van der Waals surface area contributed by atoms with Crippen LogP contribution >= 0.6 is 0 Å². The van der Waals surface area contributed by atoms with Gasteiger partial charge in [-0.25, -0.2) is 8.42 Å². The fourth-order valence-corrected chi connectivity index (χ4v) is 2.72. The molecule has 9 nitrogen and oxygen atoms in total. The lowest BCUT2D eigenvalue weighted by atomic mass is 9.95.